The lowest BCUT2D eigenvalue weighted by atomic mass is 9.42. The van der Waals surface area contributed by atoms with Crippen molar-refractivity contribution in [2.45, 2.75) is 118 Å². The van der Waals surface area contributed by atoms with Gasteiger partial charge in [0.15, 0.2) is 0 Å². The van der Waals surface area contributed by atoms with E-state index in [1.54, 1.807) is 19.1 Å². The van der Waals surface area contributed by atoms with Gasteiger partial charge in [-0.2, -0.15) is 0 Å². The summed E-state index contributed by atoms with van der Waals surface area (Å²) >= 11 is 0. The third-order valence-electron chi connectivity index (χ3n) is 15.1. The first kappa shape index (κ1) is 39.9. The summed E-state index contributed by atoms with van der Waals surface area (Å²) in [6.07, 6.45) is 10.6. The highest BCUT2D eigenvalue weighted by molar-refractivity contribution is 6.15. The monoisotopic (exact) mass is 768 g/mol. The van der Waals surface area contributed by atoms with E-state index in [1.165, 1.54) is 62.8 Å². The Kier molecular flexibility index (Phi) is 11.1. The van der Waals surface area contributed by atoms with Gasteiger partial charge in [-0.1, -0.05) is 59.9 Å². The highest BCUT2D eigenvalue weighted by Crippen LogP contribution is 2.69. The molecule has 2 aromatic carbocycles. The van der Waals surface area contributed by atoms with E-state index >= 15 is 0 Å². The molecule has 10 nitrogen and oxygen atoms in total. The number of carbonyl (C=O) groups excluding carboxylic acids is 6. The van der Waals surface area contributed by atoms with Gasteiger partial charge in [0.1, 0.15) is 11.9 Å². The Labute approximate surface area is 329 Å². The van der Waals surface area contributed by atoms with Gasteiger partial charge in [-0.25, -0.2) is 19.2 Å². The van der Waals surface area contributed by atoms with Gasteiger partial charge >= 0.3 is 36.3 Å². The van der Waals surface area contributed by atoms with Crippen molar-refractivity contribution in [3.63, 3.8) is 0 Å². The standard InChI is InChI=1S/C46H56O10/c1-25(2)8-7-9-27(4)36-14-15-37-34-23-35(44(52)55-29-12-10-26(3)32(21-29)41(49)53-24-47)39-22-30(16-18-46(39,6)38(34)17-19-45(36,37)5)54-40(48)28-11-13-31-33(20-28)43(51)56-42(31)50/h10-13,20-21,24-25,27,30,34-39H,7-9,14-19,22-23H2,1-6H3. The molecule has 10 unspecified atom stereocenters. The van der Waals surface area contributed by atoms with Crippen LogP contribution in [0.25, 0.3) is 0 Å². The van der Waals surface area contributed by atoms with Crippen LogP contribution in [0.1, 0.15) is 152 Å². The summed E-state index contributed by atoms with van der Waals surface area (Å²) in [6.45, 7) is 13.7. The van der Waals surface area contributed by atoms with Crippen molar-refractivity contribution in [3.05, 3.63) is 64.2 Å². The van der Waals surface area contributed by atoms with E-state index < -0.39 is 35.9 Å². The quantitative estimate of drug-likeness (QED) is 0.0715. The molecule has 0 N–H and O–H groups in total. The molecule has 0 aromatic heterocycles. The maximum atomic E-state index is 14.6. The van der Waals surface area contributed by atoms with E-state index in [1.807, 2.05) is 0 Å². The van der Waals surface area contributed by atoms with Crippen molar-refractivity contribution in [1.29, 1.82) is 0 Å². The molecular weight excluding hydrogens is 712 g/mol. The lowest BCUT2D eigenvalue weighted by molar-refractivity contribution is -0.174. The van der Waals surface area contributed by atoms with Gasteiger partial charge in [0.2, 0.25) is 0 Å². The number of hydrogen-bond acceptors (Lipinski definition) is 10. The van der Waals surface area contributed by atoms with Crippen LogP contribution in [0.4, 0.5) is 0 Å². The first-order valence-electron chi connectivity index (χ1n) is 20.7. The van der Waals surface area contributed by atoms with E-state index in [4.69, 9.17) is 14.2 Å². The molecule has 10 atom stereocenters. The first-order valence-corrected chi connectivity index (χ1v) is 20.7. The molecule has 300 valence electrons. The Balaban J connectivity index is 1.15. The second kappa shape index (κ2) is 15.5. The van der Waals surface area contributed by atoms with Gasteiger partial charge in [-0.15, -0.1) is 0 Å². The summed E-state index contributed by atoms with van der Waals surface area (Å²) in [5.74, 6) is -0.400. The largest absolute Gasteiger partial charge is 0.459 e. The minimum atomic E-state index is -0.817. The molecule has 4 saturated carbocycles. The molecule has 0 amide bonds. The van der Waals surface area contributed by atoms with Gasteiger partial charge < -0.3 is 18.9 Å². The second-order valence-corrected chi connectivity index (χ2v) is 18.5. The van der Waals surface area contributed by atoms with Crippen LogP contribution in [0.2, 0.25) is 0 Å². The number of benzene rings is 2. The van der Waals surface area contributed by atoms with Crippen molar-refractivity contribution >= 4 is 36.3 Å². The molecule has 0 radical (unpaired) electrons. The van der Waals surface area contributed by atoms with Gasteiger partial charge in [-0.05, 0) is 146 Å². The van der Waals surface area contributed by atoms with Gasteiger partial charge in [0.25, 0.3) is 0 Å². The van der Waals surface area contributed by atoms with Crippen LogP contribution in [-0.4, -0.2) is 42.4 Å². The summed E-state index contributed by atoms with van der Waals surface area (Å²) in [4.78, 5) is 75.8. The first-order chi connectivity index (χ1) is 26.6. The SMILES string of the molecule is Cc1ccc(OC(=O)C2CC3C4CCC(C(C)CCCC(C)C)C4(C)CCC3C3(C)CCC(OC(=O)c4ccc5c(c4)C(=O)OC5=O)CC23)cc1C(=O)OC=O. The summed E-state index contributed by atoms with van der Waals surface area (Å²) in [5, 5.41) is 0. The number of fused-ring (bicyclic) bond motifs is 6. The van der Waals surface area contributed by atoms with Crippen LogP contribution in [-0.2, 0) is 23.8 Å². The Bertz CT molecular complexity index is 1910. The Morgan fingerprint density at radius 3 is 2.32 bits per heavy atom. The van der Waals surface area contributed by atoms with E-state index in [2.05, 4.69) is 39.4 Å². The molecular formula is C46H56O10. The van der Waals surface area contributed by atoms with Crippen LogP contribution >= 0.6 is 0 Å². The molecule has 7 rings (SSSR count). The van der Waals surface area contributed by atoms with Crippen molar-refractivity contribution in [2.24, 2.45) is 58.2 Å². The van der Waals surface area contributed by atoms with Crippen LogP contribution in [0.5, 0.6) is 5.75 Å². The van der Waals surface area contributed by atoms with E-state index in [-0.39, 0.29) is 57.2 Å². The van der Waals surface area contributed by atoms with Gasteiger partial charge in [-0.3, -0.25) is 9.59 Å². The minimum absolute atomic E-state index is 0.0453. The fraction of sp³-hybridized carbons (Fsp3) is 0.609. The number of ether oxygens (including phenoxy) is 4. The normalized spacial score (nSPS) is 32.3. The zero-order chi connectivity index (χ0) is 40.1. The highest BCUT2D eigenvalue weighted by Gasteiger charge is 2.64. The van der Waals surface area contributed by atoms with Crippen molar-refractivity contribution in [2.75, 3.05) is 0 Å². The average Bonchev–Trinajstić information content (AvgIpc) is 3.66. The van der Waals surface area contributed by atoms with Crippen molar-refractivity contribution in [3.8, 4) is 5.75 Å². The van der Waals surface area contributed by atoms with Crippen LogP contribution in [0.15, 0.2) is 36.4 Å². The predicted molar refractivity (Wildman–Crippen MR) is 206 cm³/mol. The van der Waals surface area contributed by atoms with Crippen LogP contribution in [0.3, 0.4) is 0 Å². The Morgan fingerprint density at radius 2 is 1.57 bits per heavy atom. The smallest absolute Gasteiger partial charge is 0.346 e. The molecule has 4 fully saturated rings. The van der Waals surface area contributed by atoms with Gasteiger partial charge in [0.05, 0.1) is 28.2 Å². The molecule has 4 aliphatic carbocycles. The topological polar surface area (TPSA) is 139 Å². The Morgan fingerprint density at radius 1 is 0.839 bits per heavy atom. The number of rotatable bonds is 11. The van der Waals surface area contributed by atoms with E-state index in [9.17, 15) is 28.8 Å². The maximum absolute atomic E-state index is 14.6. The summed E-state index contributed by atoms with van der Waals surface area (Å²) in [6, 6.07) is 9.01. The summed E-state index contributed by atoms with van der Waals surface area (Å²) in [7, 11) is 0. The zero-order valence-electron chi connectivity index (χ0n) is 33.6. The molecule has 0 bridgehead atoms. The third kappa shape index (κ3) is 7.22. The molecule has 1 aliphatic heterocycles. The fourth-order valence-electron chi connectivity index (χ4n) is 12.3. The lowest BCUT2D eigenvalue weighted by Crippen LogP contribution is -2.58. The van der Waals surface area contributed by atoms with Gasteiger partial charge in [0, 0.05) is 0 Å². The maximum Gasteiger partial charge on any atom is 0.346 e. The molecule has 1 heterocycles. The summed E-state index contributed by atoms with van der Waals surface area (Å²) < 4.78 is 21.6. The van der Waals surface area contributed by atoms with E-state index in [0.29, 0.717) is 60.3 Å². The fourth-order valence-corrected chi connectivity index (χ4v) is 12.3. The van der Waals surface area contributed by atoms with Crippen molar-refractivity contribution in [1.82, 2.24) is 0 Å². The molecule has 0 saturated heterocycles. The molecule has 10 heteroatoms. The number of cyclic esters (lactones) is 2. The van der Waals surface area contributed by atoms with Crippen LogP contribution in [0, 0.1) is 65.1 Å². The number of esters is 5. The predicted octanol–water partition coefficient (Wildman–Crippen LogP) is 9.10. The number of hydrogen-bond donors (Lipinski definition) is 0. The van der Waals surface area contributed by atoms with E-state index in [0.717, 1.165) is 12.8 Å². The minimum Gasteiger partial charge on any atom is -0.459 e. The molecule has 0 spiro atoms. The highest BCUT2D eigenvalue weighted by atomic mass is 16.6. The average molecular weight is 769 g/mol. The second-order valence-electron chi connectivity index (χ2n) is 18.5. The van der Waals surface area contributed by atoms with Crippen LogP contribution < -0.4 is 4.74 Å². The third-order valence-corrected chi connectivity index (χ3v) is 15.1. The zero-order valence-corrected chi connectivity index (χ0v) is 33.6. The summed E-state index contributed by atoms with van der Waals surface area (Å²) in [5.41, 5.74) is 1.08. The van der Waals surface area contributed by atoms with Crippen molar-refractivity contribution < 1.29 is 47.7 Å². The number of carbonyl (C=O) groups is 6. The number of aryl methyl sites for hydroxylation is 1. The lowest BCUT2D eigenvalue weighted by Gasteiger charge is -2.62. The Hall–Kier alpha value is -4.34. The molecule has 2 aromatic rings. The molecule has 56 heavy (non-hydrogen) atoms. The molecule has 5 aliphatic rings.